The summed E-state index contributed by atoms with van der Waals surface area (Å²) >= 11 is 0. The summed E-state index contributed by atoms with van der Waals surface area (Å²) in [5.74, 6) is 7.09. The predicted octanol–water partition coefficient (Wildman–Crippen LogP) is 2.85. The lowest BCUT2D eigenvalue weighted by atomic mass is 9.89. The first-order chi connectivity index (χ1) is 5.86. The molecule has 5 aliphatic carbocycles. The van der Waals surface area contributed by atoms with Crippen LogP contribution in [-0.4, -0.2) is 0 Å². The van der Waals surface area contributed by atoms with Crippen molar-refractivity contribution in [3.63, 3.8) is 0 Å². The van der Waals surface area contributed by atoms with Crippen LogP contribution in [0.4, 0.5) is 0 Å². The normalized spacial score (nSPS) is 64.6. The maximum Gasteiger partial charge on any atom is -0.0289 e. The van der Waals surface area contributed by atoms with Crippen LogP contribution >= 0.6 is 0 Å². The van der Waals surface area contributed by atoms with Crippen LogP contribution in [0.15, 0.2) is 11.6 Å². The summed E-state index contributed by atoms with van der Waals surface area (Å²) in [5, 5.41) is 0. The highest BCUT2D eigenvalue weighted by molar-refractivity contribution is 5.25. The van der Waals surface area contributed by atoms with E-state index in [1.807, 2.05) is 0 Å². The molecule has 64 valence electrons. The Morgan fingerprint density at radius 1 is 1.08 bits per heavy atom. The molecule has 0 spiro atoms. The minimum Gasteiger partial charge on any atom is -0.0853 e. The lowest BCUT2D eigenvalue weighted by Gasteiger charge is -2.15. The predicted molar refractivity (Wildman–Crippen MR) is 48.5 cm³/mol. The fraction of sp³-hybridized carbons (Fsp3) is 0.833. The van der Waals surface area contributed by atoms with Crippen LogP contribution in [0.5, 0.6) is 0 Å². The highest BCUT2D eigenvalue weighted by Gasteiger charge is 2.72. The Morgan fingerprint density at radius 2 is 1.92 bits per heavy atom. The molecule has 0 nitrogen and oxygen atoms in total. The van der Waals surface area contributed by atoms with Gasteiger partial charge in [-0.1, -0.05) is 11.6 Å². The molecule has 4 saturated carbocycles. The van der Waals surface area contributed by atoms with Gasteiger partial charge in [-0.05, 0) is 61.7 Å². The zero-order chi connectivity index (χ0) is 7.87. The molecule has 0 aromatic heterocycles. The van der Waals surface area contributed by atoms with Gasteiger partial charge in [-0.2, -0.15) is 0 Å². The first-order valence-electron chi connectivity index (χ1n) is 5.52. The smallest absolute Gasteiger partial charge is 0.0289 e. The van der Waals surface area contributed by atoms with Crippen molar-refractivity contribution < 1.29 is 0 Å². The van der Waals surface area contributed by atoms with Crippen molar-refractivity contribution in [1.29, 1.82) is 0 Å². The van der Waals surface area contributed by atoms with Gasteiger partial charge in [0.2, 0.25) is 0 Å². The summed E-state index contributed by atoms with van der Waals surface area (Å²) in [6.45, 7) is 2.34. The van der Waals surface area contributed by atoms with Crippen LogP contribution in [0.3, 0.4) is 0 Å². The standard InChI is InChI=1S/C12H16/c1-6-2-3-7-8-5-10-11(7)12(10)9(8)4-6/h2,7-12H,3-5H2,1H3/t7-,8-,9+,10+,11?,12?/m0/s1. The zero-order valence-electron chi connectivity index (χ0n) is 7.66. The van der Waals surface area contributed by atoms with Crippen LogP contribution in [0.1, 0.15) is 26.2 Å². The largest absolute Gasteiger partial charge is 0.0853 e. The summed E-state index contributed by atoms with van der Waals surface area (Å²) < 4.78 is 0. The van der Waals surface area contributed by atoms with E-state index in [9.17, 15) is 0 Å². The van der Waals surface area contributed by atoms with Crippen molar-refractivity contribution in [1.82, 2.24) is 0 Å². The highest BCUT2D eigenvalue weighted by Crippen LogP contribution is 2.78. The maximum absolute atomic E-state index is 2.54. The van der Waals surface area contributed by atoms with E-state index in [2.05, 4.69) is 13.0 Å². The molecule has 12 heavy (non-hydrogen) atoms. The van der Waals surface area contributed by atoms with Crippen molar-refractivity contribution in [2.45, 2.75) is 26.2 Å². The molecule has 6 bridgehead atoms. The van der Waals surface area contributed by atoms with Gasteiger partial charge in [0, 0.05) is 0 Å². The lowest BCUT2D eigenvalue weighted by molar-refractivity contribution is 0.345. The van der Waals surface area contributed by atoms with Gasteiger partial charge in [-0.3, -0.25) is 0 Å². The zero-order valence-corrected chi connectivity index (χ0v) is 7.66. The Morgan fingerprint density at radius 3 is 2.75 bits per heavy atom. The molecule has 0 heterocycles. The van der Waals surface area contributed by atoms with Crippen molar-refractivity contribution >= 4 is 0 Å². The molecular weight excluding hydrogens is 144 g/mol. The van der Waals surface area contributed by atoms with E-state index in [1.54, 1.807) is 12.0 Å². The lowest BCUT2D eigenvalue weighted by Crippen LogP contribution is -2.09. The Labute approximate surface area is 74.0 Å². The van der Waals surface area contributed by atoms with Gasteiger partial charge < -0.3 is 0 Å². The molecule has 5 rings (SSSR count). The van der Waals surface area contributed by atoms with Crippen molar-refractivity contribution in [3.8, 4) is 0 Å². The second-order valence-corrected chi connectivity index (χ2v) is 5.54. The fourth-order valence-electron chi connectivity index (χ4n) is 4.91. The Hall–Kier alpha value is -0.260. The minimum atomic E-state index is 1.14. The molecule has 0 aliphatic heterocycles. The van der Waals surface area contributed by atoms with Crippen LogP contribution < -0.4 is 0 Å². The van der Waals surface area contributed by atoms with E-state index in [-0.39, 0.29) is 0 Å². The molecule has 0 N–H and O–H groups in total. The molecule has 0 aromatic rings. The van der Waals surface area contributed by atoms with Crippen LogP contribution in [-0.2, 0) is 0 Å². The molecule has 0 heteroatoms. The number of hydrogen-bond acceptors (Lipinski definition) is 0. The summed E-state index contributed by atoms with van der Waals surface area (Å²) in [5.41, 5.74) is 1.69. The Bertz CT molecular complexity index is 276. The molecule has 4 fully saturated rings. The van der Waals surface area contributed by atoms with Crippen molar-refractivity contribution in [2.75, 3.05) is 0 Å². The highest BCUT2D eigenvalue weighted by atomic mass is 14.8. The number of rotatable bonds is 0. The molecule has 6 atom stereocenters. The van der Waals surface area contributed by atoms with Crippen LogP contribution in [0, 0.1) is 35.5 Å². The van der Waals surface area contributed by atoms with Gasteiger partial charge in [0.15, 0.2) is 0 Å². The van der Waals surface area contributed by atoms with E-state index in [4.69, 9.17) is 0 Å². The minimum absolute atomic E-state index is 1.14. The third kappa shape index (κ3) is 0.496. The van der Waals surface area contributed by atoms with E-state index < -0.39 is 0 Å². The molecule has 0 radical (unpaired) electrons. The average Bonchev–Trinajstić information content (AvgIpc) is 2.36. The molecule has 2 unspecified atom stereocenters. The summed E-state index contributed by atoms with van der Waals surface area (Å²) in [6.07, 6.45) is 7.05. The third-order valence-corrected chi connectivity index (χ3v) is 5.22. The number of allylic oxidation sites excluding steroid dienone is 2. The first kappa shape index (κ1) is 6.23. The quantitative estimate of drug-likeness (QED) is 0.478. The summed E-state index contributed by atoms with van der Waals surface area (Å²) in [7, 11) is 0. The van der Waals surface area contributed by atoms with Crippen LogP contribution in [0.25, 0.3) is 0 Å². The van der Waals surface area contributed by atoms with Gasteiger partial charge >= 0.3 is 0 Å². The second kappa shape index (κ2) is 1.66. The fourth-order valence-corrected chi connectivity index (χ4v) is 4.91. The van der Waals surface area contributed by atoms with Crippen LogP contribution in [0.2, 0.25) is 0 Å². The Balaban J connectivity index is 1.81. The van der Waals surface area contributed by atoms with Crippen molar-refractivity contribution in [3.05, 3.63) is 11.6 Å². The molecule has 5 aliphatic rings. The monoisotopic (exact) mass is 160 g/mol. The number of hydrogen-bond donors (Lipinski definition) is 0. The summed E-state index contributed by atoms with van der Waals surface area (Å²) in [6, 6.07) is 0. The maximum atomic E-state index is 2.54. The Kier molecular flexibility index (Phi) is 0.865. The topological polar surface area (TPSA) is 0 Å². The second-order valence-electron chi connectivity index (χ2n) is 5.54. The molecule has 0 aromatic carbocycles. The van der Waals surface area contributed by atoms with Gasteiger partial charge in [-0.15, -0.1) is 0 Å². The van der Waals surface area contributed by atoms with E-state index >= 15 is 0 Å². The van der Waals surface area contributed by atoms with Crippen molar-refractivity contribution in [2.24, 2.45) is 35.5 Å². The SMILES string of the molecule is CC1=CC[C@@H]2C3C4[C@@H]3C[C@@H]2[C@H]4C1. The third-order valence-electron chi connectivity index (χ3n) is 5.22. The average molecular weight is 160 g/mol. The van der Waals surface area contributed by atoms with E-state index in [0.717, 1.165) is 11.8 Å². The molecular formula is C12H16. The van der Waals surface area contributed by atoms with Gasteiger partial charge in [0.1, 0.15) is 0 Å². The van der Waals surface area contributed by atoms with Gasteiger partial charge in [0.25, 0.3) is 0 Å². The molecule has 0 amide bonds. The summed E-state index contributed by atoms with van der Waals surface area (Å²) in [4.78, 5) is 0. The van der Waals surface area contributed by atoms with Gasteiger partial charge in [-0.25, -0.2) is 0 Å². The first-order valence-corrected chi connectivity index (χ1v) is 5.52. The van der Waals surface area contributed by atoms with Gasteiger partial charge in [0.05, 0.1) is 0 Å². The van der Waals surface area contributed by atoms with E-state index in [1.165, 1.54) is 36.5 Å². The van der Waals surface area contributed by atoms with E-state index in [0.29, 0.717) is 0 Å². The molecule has 0 saturated heterocycles.